The van der Waals surface area contributed by atoms with Gasteiger partial charge in [-0.3, -0.25) is 9.98 Å². The van der Waals surface area contributed by atoms with Crippen LogP contribution in [0.2, 0.25) is 0 Å². The predicted molar refractivity (Wildman–Crippen MR) is 320 cm³/mol. The largest absolute Gasteiger partial charge is 0.251 e. The van der Waals surface area contributed by atoms with E-state index in [9.17, 15) is 0 Å². The third-order valence-corrected chi connectivity index (χ3v) is 14.7. The van der Waals surface area contributed by atoms with Crippen LogP contribution in [-0.2, 0) is 29.3 Å². The van der Waals surface area contributed by atoms with Gasteiger partial charge in [0.1, 0.15) is 0 Å². The van der Waals surface area contributed by atoms with Crippen LogP contribution in [0.25, 0.3) is 0 Å². The van der Waals surface area contributed by atoms with E-state index in [2.05, 4.69) is 99.9 Å². The van der Waals surface area contributed by atoms with Crippen LogP contribution in [0.5, 0.6) is 0 Å². The minimum absolute atomic E-state index is 0. The Morgan fingerprint density at radius 1 is 0.292 bits per heavy atom. The molecule has 0 bridgehead atoms. The summed E-state index contributed by atoms with van der Waals surface area (Å²) in [5, 5.41) is 0. The second-order valence-electron chi connectivity index (χ2n) is 21.5. The summed E-state index contributed by atoms with van der Waals surface area (Å²) < 4.78 is 0. The van der Waals surface area contributed by atoms with E-state index in [4.69, 9.17) is 9.98 Å². The molecule has 0 atom stereocenters. The van der Waals surface area contributed by atoms with E-state index >= 15 is 0 Å². The first-order chi connectivity index (χ1) is 35.2. The van der Waals surface area contributed by atoms with Gasteiger partial charge < -0.3 is 0 Å². The van der Waals surface area contributed by atoms with E-state index in [1.54, 1.807) is 0 Å². The molecule has 0 saturated carbocycles. The normalized spacial score (nSPS) is 11.6. The number of hydrogen-bond acceptors (Lipinski definition) is 2. The number of unbranched alkanes of at least 4 members (excludes halogenated alkanes) is 37. The summed E-state index contributed by atoms with van der Waals surface area (Å²) in [5.74, 6) is 14.0. The average Bonchev–Trinajstić information content (AvgIpc) is 3.39. The summed E-state index contributed by atoms with van der Waals surface area (Å²) in [6.45, 7) is 9.20. The molecular weight excluding hydrogens is 915 g/mol. The van der Waals surface area contributed by atoms with Gasteiger partial charge >= 0.3 is 0 Å². The first-order valence-corrected chi connectivity index (χ1v) is 31.5. The van der Waals surface area contributed by atoms with Crippen LogP contribution < -0.4 is 0 Å². The maximum Gasteiger partial charge on any atom is 0.0665 e. The number of rotatable bonds is 48. The number of benzene rings is 2. The van der Waals surface area contributed by atoms with Crippen molar-refractivity contribution < 1.29 is 16.5 Å². The summed E-state index contributed by atoms with van der Waals surface area (Å²) in [6, 6.07) is 17.7. The van der Waals surface area contributed by atoms with Crippen LogP contribution in [-0.4, -0.2) is 11.4 Å². The van der Waals surface area contributed by atoms with E-state index in [1.807, 2.05) is 0 Å². The van der Waals surface area contributed by atoms with Gasteiger partial charge in [-0.2, -0.15) is 0 Å². The van der Waals surface area contributed by atoms with Gasteiger partial charge in [0.05, 0.1) is 22.8 Å². The molecule has 0 radical (unpaired) electrons. The van der Waals surface area contributed by atoms with Crippen LogP contribution in [0.15, 0.2) is 58.5 Å². The second kappa shape index (κ2) is 53.2. The van der Waals surface area contributed by atoms with Gasteiger partial charge in [-0.1, -0.05) is 276 Å². The van der Waals surface area contributed by atoms with Crippen molar-refractivity contribution in [3.8, 4) is 23.7 Å². The number of aryl methyl sites for hydroxylation is 2. The van der Waals surface area contributed by atoms with Gasteiger partial charge in [0, 0.05) is 42.2 Å². The van der Waals surface area contributed by atoms with Crippen molar-refractivity contribution in [3.63, 3.8) is 0 Å². The summed E-state index contributed by atoms with van der Waals surface area (Å²) in [4.78, 5) is 11.0. The van der Waals surface area contributed by atoms with Crippen molar-refractivity contribution in [2.75, 3.05) is 0 Å². The SMILES string of the molecule is CCCCCCCCCCCCCCCCCCC#CCCCc1ccccc1/N=C(CCCCC)\C(CCCC)=N\c1ccccc1CCCC#CCCCCCCCCCCCCCCCCCC.[Ni]. The molecule has 2 aromatic rings. The van der Waals surface area contributed by atoms with Crippen molar-refractivity contribution in [2.45, 2.75) is 329 Å². The third kappa shape index (κ3) is 39.8. The molecule has 0 unspecified atom stereocenters. The van der Waals surface area contributed by atoms with Crippen molar-refractivity contribution in [1.29, 1.82) is 0 Å². The maximum absolute atomic E-state index is 5.50. The standard InChI is InChI=1S/C69H114N2.Ni/c1-5-9-13-15-17-19-21-23-25-27-29-31-33-35-37-39-41-43-45-47-50-56-64-58-52-54-61-66(64)70-68(60-12-8-4)69(63-49-11-7-3)71-67-62-55-53-59-65(67)57-51-48-46-44-42-40-38-36-34-32-30-28-26-24-22-20-18-16-14-10-6-2;/h52-55,58-59,61-62H,5-42,47-51,56-57,60,63H2,1-4H3;/b70-68+,71-69-;. The van der Waals surface area contributed by atoms with Gasteiger partial charge in [0.15, 0.2) is 0 Å². The molecule has 0 N–H and O–H groups in total. The van der Waals surface area contributed by atoms with Crippen LogP contribution in [0.1, 0.15) is 328 Å². The summed E-state index contributed by atoms with van der Waals surface area (Å²) in [6.07, 6.45) is 61.3. The predicted octanol–water partition coefficient (Wildman–Crippen LogP) is 23.3. The molecule has 2 aromatic carbocycles. The zero-order valence-corrected chi connectivity index (χ0v) is 49.1. The minimum atomic E-state index is 0. The molecule has 0 amide bonds. The fourth-order valence-electron chi connectivity index (χ4n) is 9.98. The number of para-hydroxylation sites is 2. The number of nitrogens with zero attached hydrogens (tertiary/aromatic N) is 2. The molecule has 0 saturated heterocycles. The maximum atomic E-state index is 5.50. The molecule has 0 heterocycles. The smallest absolute Gasteiger partial charge is 0.0665 e. The van der Waals surface area contributed by atoms with Gasteiger partial charge in [-0.05, 0) is 87.5 Å². The van der Waals surface area contributed by atoms with E-state index < -0.39 is 0 Å². The van der Waals surface area contributed by atoms with Crippen LogP contribution in [0.3, 0.4) is 0 Å². The molecule has 0 spiro atoms. The first-order valence-electron chi connectivity index (χ1n) is 31.5. The Balaban J connectivity index is 0.0000259. The number of aliphatic imine (C=N–C) groups is 2. The average molecular weight is 1030 g/mol. The van der Waals surface area contributed by atoms with E-state index in [0.717, 1.165) is 94.8 Å². The van der Waals surface area contributed by atoms with Crippen molar-refractivity contribution in [2.24, 2.45) is 9.98 Å². The Hall–Kier alpha value is -2.61. The number of hydrogen-bond donors (Lipinski definition) is 0. The Morgan fingerprint density at radius 2 is 0.542 bits per heavy atom. The fourth-order valence-corrected chi connectivity index (χ4v) is 9.98. The van der Waals surface area contributed by atoms with E-state index in [0.29, 0.717) is 0 Å². The molecule has 410 valence electrons. The van der Waals surface area contributed by atoms with Crippen molar-refractivity contribution in [1.82, 2.24) is 0 Å². The van der Waals surface area contributed by atoms with E-state index in [1.165, 1.54) is 241 Å². The van der Waals surface area contributed by atoms with Crippen molar-refractivity contribution in [3.05, 3.63) is 59.7 Å². The summed E-state index contributed by atoms with van der Waals surface area (Å²) >= 11 is 0. The molecule has 72 heavy (non-hydrogen) atoms. The molecule has 2 nitrogen and oxygen atoms in total. The molecule has 0 aliphatic heterocycles. The topological polar surface area (TPSA) is 24.7 Å². The molecule has 0 aromatic heterocycles. The zero-order valence-electron chi connectivity index (χ0n) is 48.1. The fraction of sp³-hybridized carbons (Fsp3) is 0.739. The van der Waals surface area contributed by atoms with Crippen LogP contribution in [0, 0.1) is 23.7 Å². The van der Waals surface area contributed by atoms with Gasteiger partial charge in [-0.15, -0.1) is 23.7 Å². The molecule has 0 fully saturated rings. The van der Waals surface area contributed by atoms with Gasteiger partial charge in [-0.25, -0.2) is 0 Å². The second-order valence-corrected chi connectivity index (χ2v) is 21.5. The summed E-state index contributed by atoms with van der Waals surface area (Å²) in [5.41, 5.74) is 7.29. The third-order valence-electron chi connectivity index (χ3n) is 14.7. The van der Waals surface area contributed by atoms with Crippen LogP contribution >= 0.6 is 0 Å². The summed E-state index contributed by atoms with van der Waals surface area (Å²) in [7, 11) is 0. The van der Waals surface area contributed by atoms with Gasteiger partial charge in [0.2, 0.25) is 0 Å². The molecule has 0 aliphatic rings. The van der Waals surface area contributed by atoms with E-state index in [-0.39, 0.29) is 16.5 Å². The minimum Gasteiger partial charge on any atom is -0.251 e. The Morgan fingerprint density at radius 3 is 0.861 bits per heavy atom. The molecule has 2 rings (SSSR count). The van der Waals surface area contributed by atoms with Gasteiger partial charge in [0.25, 0.3) is 0 Å². The van der Waals surface area contributed by atoms with Crippen LogP contribution in [0.4, 0.5) is 11.4 Å². The quantitative estimate of drug-likeness (QED) is 0.0273. The monoisotopic (exact) mass is 1030 g/mol. The Kier molecular flexibility index (Phi) is 49.8. The molecular formula is C69H114N2Ni. The first kappa shape index (κ1) is 67.4. The molecule has 0 aliphatic carbocycles. The Bertz CT molecular complexity index is 1680. The van der Waals surface area contributed by atoms with Crippen molar-refractivity contribution >= 4 is 22.8 Å². The molecule has 3 heteroatoms. The Labute approximate surface area is 459 Å². The zero-order chi connectivity index (χ0) is 50.6.